The molecule has 2 N–H and O–H groups in total. The van der Waals surface area contributed by atoms with E-state index in [0.29, 0.717) is 6.42 Å². The highest BCUT2D eigenvalue weighted by Gasteiger charge is 2.07. The summed E-state index contributed by atoms with van der Waals surface area (Å²) in [6.45, 7) is 6.02. The number of rotatable bonds is 6. The number of nitrogens with zero attached hydrogens (tertiary/aromatic N) is 1. The number of carbonyl (C=O) groups is 1. The molecule has 168 valence electrons. The van der Waals surface area contributed by atoms with Crippen molar-refractivity contribution in [1.82, 2.24) is 4.90 Å². The Morgan fingerprint density at radius 3 is 2.42 bits per heavy atom. The molecule has 6 heteroatoms. The molecule has 2 heterocycles. The minimum atomic E-state index is 0.532. The van der Waals surface area contributed by atoms with Crippen LogP contribution in [-0.2, 0) is 17.6 Å². The molecule has 1 atom stereocenters. The summed E-state index contributed by atoms with van der Waals surface area (Å²) >= 11 is 1.69. The molecular weight excluding hydrogens is 423 g/mol. The number of likely N-dealkylation sites (tertiary alicyclic amines) is 1. The fourth-order valence-corrected chi connectivity index (χ4v) is 4.92. The third kappa shape index (κ3) is 8.70. The lowest BCUT2D eigenvalue weighted by molar-refractivity contribution is -0.107. The van der Waals surface area contributed by atoms with Crippen molar-refractivity contribution in [2.45, 2.75) is 39.0 Å². The Balaban J connectivity index is 0.000000167. The van der Waals surface area contributed by atoms with Gasteiger partial charge in [0.05, 0.1) is 5.69 Å². The maximum Gasteiger partial charge on any atom is 0.124 e. The van der Waals surface area contributed by atoms with Gasteiger partial charge in [0.15, 0.2) is 0 Å². The van der Waals surface area contributed by atoms with Gasteiger partial charge in [-0.1, -0.05) is 49.7 Å². The standard InChI is InChI=1S/C10H8OS.C8H11NO.C7H16NP/c11-6-5-8-7-12-10-4-2-1-3-9(8)10;1-2-7-5-3-4-6-8(7)9-10;9-7-6-8-4-2-1-3-5-8/h1-4,6-7H,5H2;3-6,9-10H,2H2,1H3;1-7,9H2. The van der Waals surface area contributed by atoms with Gasteiger partial charge in [0, 0.05) is 17.7 Å². The van der Waals surface area contributed by atoms with Crippen LogP contribution in [0.4, 0.5) is 5.69 Å². The number of benzene rings is 2. The zero-order valence-corrected chi connectivity index (χ0v) is 20.4. The van der Waals surface area contributed by atoms with Gasteiger partial charge in [-0.2, -0.15) is 0 Å². The number of aryl methyl sites for hydroxylation is 1. The molecule has 0 radical (unpaired) electrons. The fourth-order valence-electron chi connectivity index (χ4n) is 3.58. The number of piperidine rings is 1. The van der Waals surface area contributed by atoms with E-state index in [-0.39, 0.29) is 0 Å². The van der Waals surface area contributed by atoms with E-state index in [1.54, 1.807) is 11.3 Å². The molecule has 0 aliphatic carbocycles. The van der Waals surface area contributed by atoms with E-state index in [1.165, 1.54) is 55.1 Å². The van der Waals surface area contributed by atoms with Crippen LogP contribution in [0.5, 0.6) is 0 Å². The van der Waals surface area contributed by atoms with Crippen LogP contribution < -0.4 is 5.48 Å². The van der Waals surface area contributed by atoms with Gasteiger partial charge in [0.25, 0.3) is 0 Å². The number of thiophene rings is 1. The van der Waals surface area contributed by atoms with E-state index in [4.69, 9.17) is 5.21 Å². The first-order valence-electron chi connectivity index (χ1n) is 11.0. The van der Waals surface area contributed by atoms with Crippen LogP contribution in [0.3, 0.4) is 0 Å². The lowest BCUT2D eigenvalue weighted by atomic mass is 10.1. The van der Waals surface area contributed by atoms with E-state index in [2.05, 4.69) is 44.1 Å². The van der Waals surface area contributed by atoms with Crippen molar-refractivity contribution in [2.24, 2.45) is 0 Å². The largest absolute Gasteiger partial charge is 0.303 e. The Bertz CT molecular complexity index is 868. The molecule has 1 unspecified atom stereocenters. The van der Waals surface area contributed by atoms with E-state index in [1.807, 2.05) is 36.4 Å². The molecule has 1 fully saturated rings. The normalized spacial score (nSPS) is 13.5. The molecule has 31 heavy (non-hydrogen) atoms. The van der Waals surface area contributed by atoms with Crippen LogP contribution in [-0.4, -0.2) is 42.2 Å². The van der Waals surface area contributed by atoms with Gasteiger partial charge in [-0.15, -0.1) is 20.6 Å². The fraction of sp³-hybridized carbons (Fsp3) is 0.400. The SMILES string of the molecule is CCc1ccccc1NO.O=CCc1csc2ccccc12.PCCN1CCCCC1. The number of hydrogen-bond acceptors (Lipinski definition) is 5. The van der Waals surface area contributed by atoms with Crippen molar-refractivity contribution in [3.63, 3.8) is 0 Å². The first-order chi connectivity index (χ1) is 15.2. The highest BCUT2D eigenvalue weighted by atomic mass is 32.1. The number of carbonyl (C=O) groups excluding carboxylic acids is 1. The molecule has 0 spiro atoms. The highest BCUT2D eigenvalue weighted by molar-refractivity contribution is 7.17. The van der Waals surface area contributed by atoms with Gasteiger partial charge in [0.2, 0.25) is 0 Å². The Morgan fingerprint density at radius 2 is 1.77 bits per heavy atom. The molecular formula is C25H35N2O2PS. The minimum absolute atomic E-state index is 0.532. The third-order valence-electron chi connectivity index (χ3n) is 5.28. The number of nitrogens with one attached hydrogen (secondary N) is 1. The van der Waals surface area contributed by atoms with Gasteiger partial charge in [-0.3, -0.25) is 10.7 Å². The third-order valence-corrected chi connectivity index (χ3v) is 6.55. The average Bonchev–Trinajstić information content (AvgIpc) is 3.24. The number of fused-ring (bicyclic) bond motifs is 1. The van der Waals surface area contributed by atoms with Crippen molar-refractivity contribution in [1.29, 1.82) is 0 Å². The van der Waals surface area contributed by atoms with Gasteiger partial charge < -0.3 is 9.69 Å². The molecule has 0 saturated carbocycles. The van der Waals surface area contributed by atoms with Gasteiger partial charge >= 0.3 is 0 Å². The van der Waals surface area contributed by atoms with E-state index in [9.17, 15) is 4.79 Å². The van der Waals surface area contributed by atoms with Gasteiger partial charge in [-0.25, -0.2) is 0 Å². The molecule has 3 aromatic rings. The summed E-state index contributed by atoms with van der Waals surface area (Å²) in [5.74, 6) is 0. The summed E-state index contributed by atoms with van der Waals surface area (Å²) in [7, 11) is 2.79. The van der Waals surface area contributed by atoms with E-state index < -0.39 is 0 Å². The van der Waals surface area contributed by atoms with Crippen molar-refractivity contribution in [2.75, 3.05) is 31.3 Å². The van der Waals surface area contributed by atoms with Crippen LogP contribution in [0, 0.1) is 0 Å². The minimum Gasteiger partial charge on any atom is -0.303 e. The Hall–Kier alpha value is -1.78. The van der Waals surface area contributed by atoms with Crippen LogP contribution in [0.2, 0.25) is 0 Å². The molecule has 4 nitrogen and oxygen atoms in total. The maximum atomic E-state index is 10.3. The summed E-state index contributed by atoms with van der Waals surface area (Å²) in [6, 6.07) is 15.8. The summed E-state index contributed by atoms with van der Waals surface area (Å²) in [6.07, 6.45) is 7.95. The first-order valence-corrected chi connectivity index (χ1v) is 12.7. The summed E-state index contributed by atoms with van der Waals surface area (Å²) < 4.78 is 1.26. The maximum absolute atomic E-state index is 10.3. The number of aldehydes is 1. The molecule has 1 aliphatic rings. The molecule has 1 aromatic heterocycles. The van der Waals surface area contributed by atoms with Crippen molar-refractivity contribution in [3.8, 4) is 0 Å². The smallest absolute Gasteiger partial charge is 0.124 e. The van der Waals surface area contributed by atoms with E-state index >= 15 is 0 Å². The topological polar surface area (TPSA) is 52.6 Å². The van der Waals surface area contributed by atoms with Crippen molar-refractivity contribution < 1.29 is 10.0 Å². The van der Waals surface area contributed by atoms with Crippen LogP contribution in [0.15, 0.2) is 53.9 Å². The summed E-state index contributed by atoms with van der Waals surface area (Å²) in [4.78, 5) is 12.9. The number of hydrogen-bond donors (Lipinski definition) is 2. The number of para-hydroxylation sites is 1. The zero-order chi connectivity index (χ0) is 22.3. The Kier molecular flexibility index (Phi) is 12.4. The molecule has 2 aromatic carbocycles. The monoisotopic (exact) mass is 458 g/mol. The Morgan fingerprint density at radius 1 is 1.06 bits per heavy atom. The van der Waals surface area contributed by atoms with Crippen molar-refractivity contribution >= 4 is 42.6 Å². The zero-order valence-electron chi connectivity index (χ0n) is 18.4. The second-order valence-corrected chi connectivity index (χ2v) is 8.93. The lowest BCUT2D eigenvalue weighted by Gasteiger charge is -2.25. The average molecular weight is 459 g/mol. The van der Waals surface area contributed by atoms with E-state index in [0.717, 1.165) is 29.5 Å². The van der Waals surface area contributed by atoms with Crippen molar-refractivity contribution in [3.05, 3.63) is 65.0 Å². The number of anilines is 1. The van der Waals surface area contributed by atoms with Crippen LogP contribution >= 0.6 is 20.6 Å². The molecule has 0 bridgehead atoms. The highest BCUT2D eigenvalue weighted by Crippen LogP contribution is 2.25. The Labute approximate surface area is 192 Å². The first kappa shape index (κ1) is 25.5. The van der Waals surface area contributed by atoms with Crippen LogP contribution in [0.1, 0.15) is 37.3 Å². The molecule has 0 amide bonds. The second kappa shape index (κ2) is 15.1. The van der Waals surface area contributed by atoms with Gasteiger partial charge in [0.1, 0.15) is 6.29 Å². The quantitative estimate of drug-likeness (QED) is 0.269. The summed E-state index contributed by atoms with van der Waals surface area (Å²) in [5, 5.41) is 11.9. The van der Waals surface area contributed by atoms with Gasteiger partial charge in [-0.05, 0) is 72.5 Å². The molecule has 1 saturated heterocycles. The predicted molar refractivity (Wildman–Crippen MR) is 138 cm³/mol. The lowest BCUT2D eigenvalue weighted by Crippen LogP contribution is -2.31. The van der Waals surface area contributed by atoms with Crippen LogP contribution in [0.25, 0.3) is 10.1 Å². The predicted octanol–water partition coefficient (Wildman–Crippen LogP) is 6.04. The summed E-state index contributed by atoms with van der Waals surface area (Å²) in [5.41, 5.74) is 5.22. The molecule has 1 aliphatic heterocycles. The second-order valence-electron chi connectivity index (χ2n) is 7.44. The molecule has 4 rings (SSSR count).